The molecular weight excluding hydrogens is 339 g/mol. The van der Waals surface area contributed by atoms with Gasteiger partial charge in [-0.05, 0) is 74.4 Å². The van der Waals surface area contributed by atoms with Crippen molar-refractivity contribution in [3.05, 3.63) is 33.4 Å². The van der Waals surface area contributed by atoms with Crippen LogP contribution in [0.4, 0.5) is 0 Å². The van der Waals surface area contributed by atoms with Gasteiger partial charge in [0, 0.05) is 3.57 Å². The second kappa shape index (κ2) is 5.59. The average Bonchev–Trinajstić information content (AvgIpc) is 2.29. The Morgan fingerprint density at radius 3 is 2.11 bits per heavy atom. The van der Waals surface area contributed by atoms with Gasteiger partial charge in [0.15, 0.2) is 0 Å². The first-order valence-corrected chi connectivity index (χ1v) is 7.26. The fourth-order valence-corrected chi connectivity index (χ4v) is 1.78. The maximum absolute atomic E-state index is 12.1. The SMILES string of the molecule is CCC(C)(C)C(=O)OC(C)(C)c1ccc(I)cc1. The normalized spacial score (nSPS) is 12.3. The molecule has 2 nitrogen and oxygen atoms in total. The average molecular weight is 360 g/mol. The van der Waals surface area contributed by atoms with Crippen LogP contribution in [-0.4, -0.2) is 5.97 Å². The van der Waals surface area contributed by atoms with Gasteiger partial charge in [0.2, 0.25) is 0 Å². The van der Waals surface area contributed by atoms with E-state index in [2.05, 4.69) is 22.6 Å². The molecule has 18 heavy (non-hydrogen) atoms. The van der Waals surface area contributed by atoms with Crippen LogP contribution in [0.5, 0.6) is 0 Å². The van der Waals surface area contributed by atoms with Crippen molar-refractivity contribution in [2.24, 2.45) is 5.41 Å². The lowest BCUT2D eigenvalue weighted by molar-refractivity contribution is -0.168. The summed E-state index contributed by atoms with van der Waals surface area (Å²) in [4.78, 5) is 12.1. The molecule has 100 valence electrons. The van der Waals surface area contributed by atoms with E-state index in [1.165, 1.54) is 3.57 Å². The number of hydrogen-bond donors (Lipinski definition) is 0. The van der Waals surface area contributed by atoms with Gasteiger partial charge in [-0.3, -0.25) is 4.79 Å². The van der Waals surface area contributed by atoms with E-state index >= 15 is 0 Å². The van der Waals surface area contributed by atoms with E-state index < -0.39 is 11.0 Å². The van der Waals surface area contributed by atoms with Crippen molar-refractivity contribution in [2.45, 2.75) is 46.6 Å². The molecule has 0 fully saturated rings. The van der Waals surface area contributed by atoms with Crippen molar-refractivity contribution < 1.29 is 9.53 Å². The van der Waals surface area contributed by atoms with Gasteiger partial charge in [-0.25, -0.2) is 0 Å². The highest BCUT2D eigenvalue weighted by Gasteiger charge is 2.33. The minimum Gasteiger partial charge on any atom is -0.454 e. The molecule has 0 saturated heterocycles. The molecule has 0 bridgehead atoms. The molecule has 3 heteroatoms. The van der Waals surface area contributed by atoms with Crippen molar-refractivity contribution in [3.8, 4) is 0 Å². The van der Waals surface area contributed by atoms with Crippen LogP contribution in [0.3, 0.4) is 0 Å². The molecule has 1 aromatic rings. The summed E-state index contributed by atoms with van der Waals surface area (Å²) in [5.41, 5.74) is -0.00268. The molecule has 0 aliphatic rings. The quantitative estimate of drug-likeness (QED) is 0.584. The highest BCUT2D eigenvalue weighted by atomic mass is 127. The topological polar surface area (TPSA) is 26.3 Å². The molecular formula is C15H21IO2. The minimum atomic E-state index is -0.589. The molecule has 0 saturated carbocycles. The summed E-state index contributed by atoms with van der Waals surface area (Å²) in [5.74, 6) is -0.145. The Balaban J connectivity index is 2.88. The highest BCUT2D eigenvalue weighted by molar-refractivity contribution is 14.1. The smallest absolute Gasteiger partial charge is 0.312 e. The molecule has 0 atom stereocenters. The second-order valence-electron chi connectivity index (χ2n) is 5.64. The molecule has 0 heterocycles. The van der Waals surface area contributed by atoms with Gasteiger partial charge in [-0.2, -0.15) is 0 Å². The standard InChI is InChI=1S/C15H21IO2/c1-6-14(2,3)13(17)18-15(4,5)11-7-9-12(16)10-8-11/h7-10H,6H2,1-5H3. The van der Waals surface area contributed by atoms with Crippen LogP contribution in [0, 0.1) is 8.99 Å². The van der Waals surface area contributed by atoms with E-state index in [9.17, 15) is 4.79 Å². The number of carbonyl (C=O) groups excluding carboxylic acids is 1. The monoisotopic (exact) mass is 360 g/mol. The van der Waals surface area contributed by atoms with Crippen molar-refractivity contribution in [1.82, 2.24) is 0 Å². The fraction of sp³-hybridized carbons (Fsp3) is 0.533. The van der Waals surface area contributed by atoms with E-state index in [-0.39, 0.29) is 5.97 Å². The van der Waals surface area contributed by atoms with Gasteiger partial charge in [0.25, 0.3) is 0 Å². The number of rotatable bonds is 4. The summed E-state index contributed by atoms with van der Waals surface area (Å²) in [6.45, 7) is 9.69. The molecule has 0 N–H and O–H groups in total. The Bertz CT molecular complexity index is 419. The lowest BCUT2D eigenvalue weighted by atomic mass is 9.89. The van der Waals surface area contributed by atoms with Gasteiger partial charge in [-0.1, -0.05) is 19.1 Å². The number of esters is 1. The third-order valence-electron chi connectivity index (χ3n) is 3.32. The van der Waals surface area contributed by atoms with Crippen LogP contribution in [0.2, 0.25) is 0 Å². The molecule has 0 aliphatic heterocycles. The van der Waals surface area contributed by atoms with E-state index in [1.807, 2.05) is 58.9 Å². The lowest BCUT2D eigenvalue weighted by Gasteiger charge is -2.30. The van der Waals surface area contributed by atoms with Crippen molar-refractivity contribution in [1.29, 1.82) is 0 Å². The first kappa shape index (κ1) is 15.5. The Kier molecular flexibility index (Phi) is 4.81. The first-order valence-electron chi connectivity index (χ1n) is 6.18. The maximum Gasteiger partial charge on any atom is 0.312 e. The van der Waals surface area contributed by atoms with Crippen LogP contribution in [0.1, 0.15) is 46.6 Å². The van der Waals surface area contributed by atoms with Crippen LogP contribution in [0.25, 0.3) is 0 Å². The summed E-state index contributed by atoms with van der Waals surface area (Å²) in [6, 6.07) is 8.06. The zero-order chi connectivity index (χ0) is 14.0. The largest absolute Gasteiger partial charge is 0.454 e. The number of ether oxygens (including phenoxy) is 1. The number of benzene rings is 1. The van der Waals surface area contributed by atoms with E-state index in [0.29, 0.717) is 0 Å². The van der Waals surface area contributed by atoms with Crippen molar-refractivity contribution in [3.63, 3.8) is 0 Å². The first-order chi connectivity index (χ1) is 8.19. The van der Waals surface area contributed by atoms with E-state index in [1.54, 1.807) is 0 Å². The number of halogens is 1. The zero-order valence-corrected chi connectivity index (χ0v) is 13.9. The van der Waals surface area contributed by atoms with Crippen molar-refractivity contribution >= 4 is 28.6 Å². The molecule has 0 spiro atoms. The second-order valence-corrected chi connectivity index (χ2v) is 6.89. The van der Waals surface area contributed by atoms with Crippen LogP contribution in [0.15, 0.2) is 24.3 Å². The molecule has 0 unspecified atom stereocenters. The summed E-state index contributed by atoms with van der Waals surface area (Å²) >= 11 is 2.26. The van der Waals surface area contributed by atoms with Gasteiger partial charge in [0.05, 0.1) is 5.41 Å². The Labute approximate surface area is 123 Å². The number of carbonyl (C=O) groups is 1. The Hall–Kier alpha value is -0.580. The van der Waals surface area contributed by atoms with Gasteiger partial charge < -0.3 is 4.74 Å². The molecule has 1 rings (SSSR count). The van der Waals surface area contributed by atoms with Crippen molar-refractivity contribution in [2.75, 3.05) is 0 Å². The maximum atomic E-state index is 12.1. The minimum absolute atomic E-state index is 0.145. The van der Waals surface area contributed by atoms with E-state index in [0.717, 1.165) is 12.0 Å². The summed E-state index contributed by atoms with van der Waals surface area (Å²) in [7, 11) is 0. The highest BCUT2D eigenvalue weighted by Crippen LogP contribution is 2.30. The summed E-state index contributed by atoms with van der Waals surface area (Å²) < 4.78 is 6.85. The Morgan fingerprint density at radius 1 is 1.17 bits per heavy atom. The third kappa shape index (κ3) is 3.70. The van der Waals surface area contributed by atoms with Crippen LogP contribution in [-0.2, 0) is 15.1 Å². The number of hydrogen-bond acceptors (Lipinski definition) is 2. The van der Waals surface area contributed by atoms with Gasteiger partial charge >= 0.3 is 5.97 Å². The van der Waals surface area contributed by atoms with Gasteiger partial charge in [0.1, 0.15) is 5.60 Å². The molecule has 0 aliphatic carbocycles. The summed E-state index contributed by atoms with van der Waals surface area (Å²) in [5, 5.41) is 0. The summed E-state index contributed by atoms with van der Waals surface area (Å²) in [6.07, 6.45) is 0.772. The molecule has 0 amide bonds. The van der Waals surface area contributed by atoms with Crippen LogP contribution >= 0.6 is 22.6 Å². The third-order valence-corrected chi connectivity index (χ3v) is 4.04. The zero-order valence-electron chi connectivity index (χ0n) is 11.7. The Morgan fingerprint density at radius 2 is 1.67 bits per heavy atom. The predicted octanol–water partition coefficient (Wildman–Crippen LogP) is 4.51. The predicted molar refractivity (Wildman–Crippen MR) is 82.3 cm³/mol. The van der Waals surface area contributed by atoms with Gasteiger partial charge in [-0.15, -0.1) is 0 Å². The van der Waals surface area contributed by atoms with Crippen LogP contribution < -0.4 is 0 Å². The molecule has 0 aromatic heterocycles. The fourth-order valence-electron chi connectivity index (χ4n) is 1.42. The lowest BCUT2D eigenvalue weighted by Crippen LogP contribution is -2.33. The van der Waals surface area contributed by atoms with E-state index in [4.69, 9.17) is 4.74 Å². The molecule has 0 radical (unpaired) electrons. The molecule has 1 aromatic carbocycles.